The number of halogens is 1. The predicted molar refractivity (Wildman–Crippen MR) is 72.7 cm³/mol. The third kappa shape index (κ3) is 3.64. The normalized spacial score (nSPS) is 11.7. The summed E-state index contributed by atoms with van der Waals surface area (Å²) < 4.78 is 25.4. The second-order valence-corrected chi connectivity index (χ2v) is 6.42. The van der Waals surface area contributed by atoms with Crippen molar-refractivity contribution < 1.29 is 8.42 Å². The molecular weight excluding hydrogens is 280 g/mol. The van der Waals surface area contributed by atoms with Gasteiger partial charge in [-0.25, -0.2) is 12.7 Å². The molecule has 94 valence electrons. The largest absolute Gasteiger partial charge is 0.393 e. The first-order valence-electron chi connectivity index (χ1n) is 4.85. The number of hydrogen-bond acceptors (Lipinski definition) is 3. The first kappa shape index (κ1) is 14.4. The highest BCUT2D eigenvalue weighted by molar-refractivity contribution is 7.89. The van der Waals surface area contributed by atoms with E-state index >= 15 is 0 Å². The van der Waals surface area contributed by atoms with Crippen molar-refractivity contribution in [2.75, 3.05) is 13.6 Å². The minimum absolute atomic E-state index is 0.0899. The lowest BCUT2D eigenvalue weighted by Gasteiger charge is -2.17. The van der Waals surface area contributed by atoms with Gasteiger partial charge in [0.1, 0.15) is 4.90 Å². The minimum atomic E-state index is -3.58. The molecule has 0 unspecified atom stereocenters. The van der Waals surface area contributed by atoms with E-state index in [0.29, 0.717) is 6.42 Å². The molecule has 0 aromatic heterocycles. The molecule has 0 amide bonds. The molecule has 0 aliphatic rings. The van der Waals surface area contributed by atoms with Crippen molar-refractivity contribution in [3.05, 3.63) is 29.3 Å². The van der Waals surface area contributed by atoms with E-state index < -0.39 is 10.0 Å². The lowest BCUT2D eigenvalue weighted by Crippen LogP contribution is -2.30. The van der Waals surface area contributed by atoms with Gasteiger partial charge in [0.15, 0.2) is 0 Å². The first-order valence-corrected chi connectivity index (χ1v) is 7.07. The Bertz CT molecular complexity index is 517. The first-order chi connectivity index (χ1) is 7.85. The van der Waals surface area contributed by atoms with Crippen LogP contribution < -0.4 is 5.73 Å². The van der Waals surface area contributed by atoms with Gasteiger partial charge < -0.3 is 5.73 Å². The summed E-state index contributed by atoms with van der Waals surface area (Å²) in [5.41, 5.74) is 5.34. The van der Waals surface area contributed by atoms with Crippen molar-refractivity contribution >= 4 is 38.8 Å². The zero-order valence-electron chi connectivity index (χ0n) is 9.26. The molecule has 0 saturated carbocycles. The maximum Gasteiger partial charge on any atom is 0.244 e. The standard InChI is InChI=1S/C10H13ClN2O2S2/c1-13(7-6-10(12)16)17(14,15)9-5-3-2-4-8(9)11/h2-5H,6-7H2,1H3,(H2,12,16). The number of rotatable bonds is 5. The van der Waals surface area contributed by atoms with Crippen LogP contribution in [0.5, 0.6) is 0 Å². The van der Waals surface area contributed by atoms with E-state index in [1.807, 2.05) is 0 Å². The number of sulfonamides is 1. The molecule has 1 aromatic carbocycles. The molecule has 0 saturated heterocycles. The molecule has 4 nitrogen and oxygen atoms in total. The van der Waals surface area contributed by atoms with Crippen LogP contribution in [0.2, 0.25) is 5.02 Å². The third-order valence-electron chi connectivity index (χ3n) is 2.20. The average molecular weight is 293 g/mol. The van der Waals surface area contributed by atoms with Crippen LogP contribution in [0.3, 0.4) is 0 Å². The topological polar surface area (TPSA) is 63.4 Å². The lowest BCUT2D eigenvalue weighted by molar-refractivity contribution is 0.479. The number of benzene rings is 1. The fraction of sp³-hybridized carbons (Fsp3) is 0.300. The molecule has 0 radical (unpaired) electrons. The van der Waals surface area contributed by atoms with Gasteiger partial charge in [-0.1, -0.05) is 36.0 Å². The highest BCUT2D eigenvalue weighted by Crippen LogP contribution is 2.23. The smallest absolute Gasteiger partial charge is 0.244 e. The van der Waals surface area contributed by atoms with Gasteiger partial charge in [0.2, 0.25) is 10.0 Å². The molecule has 0 aliphatic carbocycles. The van der Waals surface area contributed by atoms with Crippen LogP contribution in [-0.4, -0.2) is 31.3 Å². The third-order valence-corrected chi connectivity index (χ3v) is 4.76. The molecular formula is C10H13ClN2O2S2. The maximum atomic E-state index is 12.1. The summed E-state index contributed by atoms with van der Waals surface area (Å²) in [6.45, 7) is 0.239. The zero-order chi connectivity index (χ0) is 13.1. The van der Waals surface area contributed by atoms with Crippen molar-refractivity contribution in [3.8, 4) is 0 Å². The SMILES string of the molecule is CN(CCC(N)=S)S(=O)(=O)c1ccccc1Cl. The molecule has 2 N–H and O–H groups in total. The van der Waals surface area contributed by atoms with Crippen molar-refractivity contribution in [2.45, 2.75) is 11.3 Å². The number of hydrogen-bond donors (Lipinski definition) is 1. The van der Waals surface area contributed by atoms with Gasteiger partial charge in [0.05, 0.1) is 10.0 Å². The zero-order valence-corrected chi connectivity index (χ0v) is 11.6. The van der Waals surface area contributed by atoms with E-state index in [0.717, 1.165) is 0 Å². The Morgan fingerprint density at radius 2 is 2.06 bits per heavy atom. The summed E-state index contributed by atoms with van der Waals surface area (Å²) in [5.74, 6) is 0. The van der Waals surface area contributed by atoms with Gasteiger partial charge in [-0.05, 0) is 12.1 Å². The molecule has 0 spiro atoms. The molecule has 7 heteroatoms. The molecule has 0 aliphatic heterocycles. The maximum absolute atomic E-state index is 12.1. The molecule has 1 aromatic rings. The van der Waals surface area contributed by atoms with Crippen LogP contribution in [0, 0.1) is 0 Å². The van der Waals surface area contributed by atoms with Crippen molar-refractivity contribution in [1.29, 1.82) is 0 Å². The molecule has 17 heavy (non-hydrogen) atoms. The number of nitrogens with zero attached hydrogens (tertiary/aromatic N) is 1. The van der Waals surface area contributed by atoms with Gasteiger partial charge in [-0.3, -0.25) is 0 Å². The van der Waals surface area contributed by atoms with E-state index in [-0.39, 0.29) is 21.5 Å². The van der Waals surface area contributed by atoms with Crippen LogP contribution >= 0.6 is 23.8 Å². The molecule has 0 atom stereocenters. The Labute approximate surface area is 111 Å². The van der Waals surface area contributed by atoms with E-state index in [1.54, 1.807) is 12.1 Å². The van der Waals surface area contributed by atoms with Gasteiger partial charge in [0.25, 0.3) is 0 Å². The van der Waals surface area contributed by atoms with Crippen LogP contribution in [0.15, 0.2) is 29.2 Å². The minimum Gasteiger partial charge on any atom is -0.393 e. The summed E-state index contributed by atoms with van der Waals surface area (Å²) in [4.78, 5) is 0.373. The van der Waals surface area contributed by atoms with Crippen LogP contribution in [-0.2, 0) is 10.0 Å². The lowest BCUT2D eigenvalue weighted by atomic mass is 10.4. The quantitative estimate of drug-likeness (QED) is 0.838. The molecule has 0 heterocycles. The summed E-state index contributed by atoms with van der Waals surface area (Å²) >= 11 is 10.6. The Morgan fingerprint density at radius 1 is 1.47 bits per heavy atom. The van der Waals surface area contributed by atoms with Crippen molar-refractivity contribution in [3.63, 3.8) is 0 Å². The highest BCUT2D eigenvalue weighted by Gasteiger charge is 2.22. The van der Waals surface area contributed by atoms with E-state index in [2.05, 4.69) is 0 Å². The van der Waals surface area contributed by atoms with Gasteiger partial charge in [-0.15, -0.1) is 0 Å². The Kier molecular flexibility index (Phi) is 4.88. The predicted octanol–water partition coefficient (Wildman–Crippen LogP) is 1.64. The summed E-state index contributed by atoms with van der Waals surface area (Å²) in [7, 11) is -2.11. The second kappa shape index (κ2) is 5.77. The molecule has 0 bridgehead atoms. The highest BCUT2D eigenvalue weighted by atomic mass is 35.5. The summed E-state index contributed by atoms with van der Waals surface area (Å²) in [6, 6.07) is 6.31. The van der Waals surface area contributed by atoms with Gasteiger partial charge in [-0.2, -0.15) is 0 Å². The molecule has 1 rings (SSSR count). The van der Waals surface area contributed by atoms with E-state index in [4.69, 9.17) is 29.6 Å². The second-order valence-electron chi connectivity index (χ2n) is 3.47. The van der Waals surface area contributed by atoms with E-state index in [1.165, 1.54) is 23.5 Å². The fourth-order valence-electron chi connectivity index (χ4n) is 1.21. The van der Waals surface area contributed by atoms with Crippen LogP contribution in [0.4, 0.5) is 0 Å². The Hall–Kier alpha value is -0.690. The Balaban J connectivity index is 2.96. The van der Waals surface area contributed by atoms with Crippen molar-refractivity contribution in [1.82, 2.24) is 4.31 Å². The summed E-state index contributed by atoms with van der Waals surface area (Å²) in [5, 5.41) is 0.203. The fourth-order valence-corrected chi connectivity index (χ4v) is 2.96. The van der Waals surface area contributed by atoms with Crippen LogP contribution in [0.25, 0.3) is 0 Å². The van der Waals surface area contributed by atoms with Gasteiger partial charge >= 0.3 is 0 Å². The van der Waals surface area contributed by atoms with Crippen LogP contribution in [0.1, 0.15) is 6.42 Å². The molecule has 0 fully saturated rings. The van der Waals surface area contributed by atoms with Crippen molar-refractivity contribution in [2.24, 2.45) is 5.73 Å². The number of nitrogens with two attached hydrogens (primary N) is 1. The van der Waals surface area contributed by atoms with Gasteiger partial charge in [0, 0.05) is 20.0 Å². The number of thiocarbonyl (C=S) groups is 1. The van der Waals surface area contributed by atoms with E-state index in [9.17, 15) is 8.42 Å². The monoisotopic (exact) mass is 292 g/mol. The summed E-state index contributed by atoms with van der Waals surface area (Å²) in [6.07, 6.45) is 0.343. The average Bonchev–Trinajstić information content (AvgIpc) is 2.26. The Morgan fingerprint density at radius 3 is 2.59 bits per heavy atom.